The number of benzene rings is 2. The van der Waals surface area contributed by atoms with Crippen molar-refractivity contribution in [3.63, 3.8) is 0 Å². The first-order valence-electron chi connectivity index (χ1n) is 6.38. The molecule has 0 unspecified atom stereocenters. The Bertz CT molecular complexity index is 663. The van der Waals surface area contributed by atoms with Gasteiger partial charge in [-0.2, -0.15) is 0 Å². The normalized spacial score (nSPS) is 16.6. The van der Waals surface area contributed by atoms with Crippen LogP contribution in [0.5, 0.6) is 5.75 Å². The van der Waals surface area contributed by atoms with Gasteiger partial charge in [0.05, 0.1) is 6.42 Å². The van der Waals surface area contributed by atoms with E-state index in [2.05, 4.69) is 0 Å². The molecule has 2 N–H and O–H groups in total. The molecule has 102 valence electrons. The van der Waals surface area contributed by atoms with E-state index in [-0.39, 0.29) is 6.42 Å². The monoisotopic (exact) mass is 270 g/mol. The zero-order valence-corrected chi connectivity index (χ0v) is 10.7. The van der Waals surface area contributed by atoms with E-state index in [1.54, 1.807) is 18.2 Å². The van der Waals surface area contributed by atoms with Crippen LogP contribution in [0.15, 0.2) is 42.5 Å². The Morgan fingerprint density at radius 3 is 2.80 bits per heavy atom. The summed E-state index contributed by atoms with van der Waals surface area (Å²) in [4.78, 5) is 10.8. The molecule has 0 spiro atoms. The molecule has 3 rings (SSSR count). The van der Waals surface area contributed by atoms with Gasteiger partial charge in [-0.3, -0.25) is 4.79 Å². The molecule has 2 aromatic rings. The van der Waals surface area contributed by atoms with Crippen molar-refractivity contribution >= 4 is 5.97 Å². The van der Waals surface area contributed by atoms with Gasteiger partial charge in [-0.1, -0.05) is 36.4 Å². The van der Waals surface area contributed by atoms with E-state index in [0.717, 1.165) is 11.1 Å². The minimum absolute atomic E-state index is 0.0559. The summed E-state index contributed by atoms with van der Waals surface area (Å²) in [5, 5.41) is 19.3. The average Bonchev–Trinajstić information content (AvgIpc) is 2.57. The summed E-state index contributed by atoms with van der Waals surface area (Å²) in [5.74, 6) is -0.338. The van der Waals surface area contributed by atoms with Crippen LogP contribution in [0.1, 0.15) is 28.4 Å². The quantitative estimate of drug-likeness (QED) is 0.878. The smallest absolute Gasteiger partial charge is 0.307 e. The fourth-order valence-electron chi connectivity index (χ4n) is 2.47. The van der Waals surface area contributed by atoms with E-state index in [1.165, 1.54) is 0 Å². The summed E-state index contributed by atoms with van der Waals surface area (Å²) < 4.78 is 5.71. The molecule has 0 aliphatic carbocycles. The number of carbonyl (C=O) groups is 1. The number of carboxylic acid groups (broad SMARTS) is 1. The molecular weight excluding hydrogens is 256 g/mol. The van der Waals surface area contributed by atoms with Crippen LogP contribution in [0.25, 0.3) is 0 Å². The Kier molecular flexibility index (Phi) is 3.16. The number of hydrogen-bond acceptors (Lipinski definition) is 3. The number of hydrogen-bond donors (Lipinski definition) is 2. The molecule has 0 aromatic heterocycles. The minimum atomic E-state index is -0.887. The molecule has 1 aliphatic heterocycles. The SMILES string of the molecule is O=C(O)Cc1ccc2c(c1)OCc1ccccc1[C@@H]2O. The third-order valence-electron chi connectivity index (χ3n) is 3.46. The van der Waals surface area contributed by atoms with Crippen molar-refractivity contribution in [3.8, 4) is 5.75 Å². The third-order valence-corrected chi connectivity index (χ3v) is 3.46. The molecule has 1 heterocycles. The van der Waals surface area contributed by atoms with Gasteiger partial charge in [-0.05, 0) is 22.8 Å². The summed E-state index contributed by atoms with van der Waals surface area (Å²) in [6.07, 6.45) is -0.803. The molecule has 0 radical (unpaired) electrons. The molecule has 2 aromatic carbocycles. The average molecular weight is 270 g/mol. The molecule has 0 bridgehead atoms. The minimum Gasteiger partial charge on any atom is -0.488 e. The van der Waals surface area contributed by atoms with E-state index >= 15 is 0 Å². The molecule has 0 saturated carbocycles. The van der Waals surface area contributed by atoms with Crippen LogP contribution in [0, 0.1) is 0 Å². The van der Waals surface area contributed by atoms with Crippen LogP contribution in [0.3, 0.4) is 0 Å². The lowest BCUT2D eigenvalue weighted by atomic mass is 9.96. The van der Waals surface area contributed by atoms with Crippen molar-refractivity contribution in [1.82, 2.24) is 0 Å². The second-order valence-electron chi connectivity index (χ2n) is 4.83. The number of rotatable bonds is 2. The van der Waals surface area contributed by atoms with Crippen LogP contribution >= 0.6 is 0 Å². The summed E-state index contributed by atoms with van der Waals surface area (Å²) in [7, 11) is 0. The lowest BCUT2D eigenvalue weighted by Crippen LogP contribution is -2.03. The molecule has 4 heteroatoms. The Hall–Kier alpha value is -2.33. The first kappa shape index (κ1) is 12.7. The molecule has 4 nitrogen and oxygen atoms in total. The first-order valence-corrected chi connectivity index (χ1v) is 6.38. The van der Waals surface area contributed by atoms with Crippen LogP contribution in [-0.4, -0.2) is 16.2 Å². The molecule has 0 fully saturated rings. The van der Waals surface area contributed by atoms with Crippen molar-refractivity contribution < 1.29 is 19.7 Å². The summed E-state index contributed by atoms with van der Waals surface area (Å²) >= 11 is 0. The standard InChI is InChI=1S/C16H14O4/c17-15(18)8-10-5-6-13-14(7-10)20-9-11-3-1-2-4-12(11)16(13)19/h1-7,16,19H,8-9H2,(H,17,18)/t16-/m0/s1. The second kappa shape index (κ2) is 4.98. The number of aliphatic hydroxyl groups excluding tert-OH is 1. The summed E-state index contributed by atoms with van der Waals surface area (Å²) in [6, 6.07) is 12.7. The van der Waals surface area contributed by atoms with Crippen molar-refractivity contribution in [3.05, 3.63) is 64.7 Å². The zero-order valence-electron chi connectivity index (χ0n) is 10.7. The van der Waals surface area contributed by atoms with Gasteiger partial charge in [0.1, 0.15) is 18.5 Å². The predicted molar refractivity (Wildman–Crippen MR) is 72.6 cm³/mol. The maximum absolute atomic E-state index is 10.8. The lowest BCUT2D eigenvalue weighted by Gasteiger charge is -2.13. The molecule has 0 amide bonds. The Balaban J connectivity index is 2.02. The van der Waals surface area contributed by atoms with Gasteiger partial charge in [0.2, 0.25) is 0 Å². The fraction of sp³-hybridized carbons (Fsp3) is 0.188. The molecular formula is C16H14O4. The highest BCUT2D eigenvalue weighted by molar-refractivity contribution is 5.70. The highest BCUT2D eigenvalue weighted by Crippen LogP contribution is 2.36. The van der Waals surface area contributed by atoms with E-state index in [4.69, 9.17) is 9.84 Å². The topological polar surface area (TPSA) is 66.8 Å². The van der Waals surface area contributed by atoms with Crippen molar-refractivity contribution in [2.45, 2.75) is 19.1 Å². The number of ether oxygens (including phenoxy) is 1. The van der Waals surface area contributed by atoms with E-state index in [1.807, 2.05) is 24.3 Å². The van der Waals surface area contributed by atoms with Gasteiger partial charge in [0.25, 0.3) is 0 Å². The summed E-state index contributed by atoms with van der Waals surface area (Å²) in [6.45, 7) is 0.372. The molecule has 0 saturated heterocycles. The zero-order chi connectivity index (χ0) is 14.1. The van der Waals surface area contributed by atoms with Gasteiger partial charge in [-0.25, -0.2) is 0 Å². The highest BCUT2D eigenvalue weighted by Gasteiger charge is 2.22. The number of aliphatic hydroxyl groups is 1. The maximum Gasteiger partial charge on any atom is 0.307 e. The van der Waals surface area contributed by atoms with Gasteiger partial charge in [0, 0.05) is 5.56 Å². The van der Waals surface area contributed by atoms with Gasteiger partial charge >= 0.3 is 5.97 Å². The largest absolute Gasteiger partial charge is 0.488 e. The van der Waals surface area contributed by atoms with E-state index < -0.39 is 12.1 Å². The van der Waals surface area contributed by atoms with Crippen LogP contribution < -0.4 is 4.74 Å². The number of aliphatic carboxylic acids is 1. The van der Waals surface area contributed by atoms with Gasteiger partial charge < -0.3 is 14.9 Å². The second-order valence-corrected chi connectivity index (χ2v) is 4.83. The highest BCUT2D eigenvalue weighted by atomic mass is 16.5. The number of carboxylic acids is 1. The van der Waals surface area contributed by atoms with Gasteiger partial charge in [-0.15, -0.1) is 0 Å². The third kappa shape index (κ3) is 2.26. The van der Waals surface area contributed by atoms with E-state index in [9.17, 15) is 9.90 Å². The van der Waals surface area contributed by atoms with Crippen LogP contribution in [-0.2, 0) is 17.8 Å². The first-order chi connectivity index (χ1) is 9.65. The Morgan fingerprint density at radius 1 is 1.20 bits per heavy atom. The Morgan fingerprint density at radius 2 is 2.00 bits per heavy atom. The van der Waals surface area contributed by atoms with Crippen LogP contribution in [0.2, 0.25) is 0 Å². The van der Waals surface area contributed by atoms with Crippen molar-refractivity contribution in [1.29, 1.82) is 0 Å². The van der Waals surface area contributed by atoms with Crippen molar-refractivity contribution in [2.75, 3.05) is 0 Å². The molecule has 20 heavy (non-hydrogen) atoms. The number of fused-ring (bicyclic) bond motifs is 2. The maximum atomic E-state index is 10.8. The molecule has 1 aliphatic rings. The van der Waals surface area contributed by atoms with Crippen molar-refractivity contribution in [2.24, 2.45) is 0 Å². The fourth-order valence-corrected chi connectivity index (χ4v) is 2.47. The summed E-state index contributed by atoms with van der Waals surface area (Å²) in [5.41, 5.74) is 3.10. The Labute approximate surface area is 116 Å². The van der Waals surface area contributed by atoms with E-state index in [0.29, 0.717) is 23.5 Å². The molecule has 1 atom stereocenters. The predicted octanol–water partition coefficient (Wildman–Crippen LogP) is 2.29. The van der Waals surface area contributed by atoms with Crippen LogP contribution in [0.4, 0.5) is 0 Å². The van der Waals surface area contributed by atoms with Gasteiger partial charge in [0.15, 0.2) is 0 Å². The lowest BCUT2D eigenvalue weighted by molar-refractivity contribution is -0.136.